The maximum absolute atomic E-state index is 3.14. The van der Waals surface area contributed by atoms with Crippen molar-refractivity contribution in [3.8, 4) is 0 Å². The lowest BCUT2D eigenvalue weighted by molar-refractivity contribution is 0.796. The van der Waals surface area contributed by atoms with Crippen LogP contribution in [0.5, 0.6) is 0 Å². The number of benzene rings is 3. The quantitative estimate of drug-likeness (QED) is 0.550. The molecular formula is C18H17. The van der Waals surface area contributed by atoms with E-state index in [0.717, 1.165) is 0 Å². The van der Waals surface area contributed by atoms with Crippen molar-refractivity contribution in [1.82, 2.24) is 0 Å². The van der Waals surface area contributed by atoms with E-state index in [1.165, 1.54) is 46.4 Å². The molecule has 0 heterocycles. The molecular weight excluding hydrogens is 216 g/mol. The van der Waals surface area contributed by atoms with Gasteiger partial charge in [-0.2, -0.15) is 0 Å². The van der Waals surface area contributed by atoms with E-state index in [2.05, 4.69) is 55.5 Å². The molecule has 0 aliphatic heterocycles. The van der Waals surface area contributed by atoms with Gasteiger partial charge in [0.1, 0.15) is 0 Å². The SMILES string of the molecule is CCCCc1ccc2cc3c[c]ccc3cc2c1. The molecule has 0 spiro atoms. The first-order valence-corrected chi connectivity index (χ1v) is 6.69. The Morgan fingerprint density at radius 3 is 2.61 bits per heavy atom. The second-order valence-corrected chi connectivity index (χ2v) is 4.91. The Labute approximate surface area is 108 Å². The molecule has 0 heteroatoms. The van der Waals surface area contributed by atoms with E-state index in [1.807, 2.05) is 6.07 Å². The minimum atomic E-state index is 1.19. The van der Waals surface area contributed by atoms with Crippen molar-refractivity contribution >= 4 is 21.5 Å². The predicted molar refractivity (Wildman–Crippen MR) is 78.9 cm³/mol. The van der Waals surface area contributed by atoms with E-state index in [9.17, 15) is 0 Å². The van der Waals surface area contributed by atoms with Gasteiger partial charge >= 0.3 is 0 Å². The first-order chi connectivity index (χ1) is 8.86. The fraction of sp³-hybridized carbons (Fsp3) is 0.222. The van der Waals surface area contributed by atoms with E-state index >= 15 is 0 Å². The van der Waals surface area contributed by atoms with Crippen LogP contribution in [-0.2, 0) is 6.42 Å². The molecule has 0 amide bonds. The minimum Gasteiger partial charge on any atom is -0.0654 e. The second kappa shape index (κ2) is 4.81. The first kappa shape index (κ1) is 11.3. The highest BCUT2D eigenvalue weighted by molar-refractivity contribution is 5.98. The summed E-state index contributed by atoms with van der Waals surface area (Å²) in [6.45, 7) is 2.24. The van der Waals surface area contributed by atoms with Crippen LogP contribution in [0, 0.1) is 6.07 Å². The van der Waals surface area contributed by atoms with Crippen molar-refractivity contribution < 1.29 is 0 Å². The van der Waals surface area contributed by atoms with Gasteiger partial charge in [-0.15, -0.1) is 0 Å². The van der Waals surface area contributed by atoms with Gasteiger partial charge in [-0.25, -0.2) is 0 Å². The Bertz CT molecular complexity index is 680. The topological polar surface area (TPSA) is 0 Å². The molecule has 0 saturated carbocycles. The third-order valence-electron chi connectivity index (χ3n) is 3.52. The Hall–Kier alpha value is -1.82. The average molecular weight is 233 g/mol. The fourth-order valence-electron chi connectivity index (χ4n) is 2.46. The maximum atomic E-state index is 3.14. The van der Waals surface area contributed by atoms with E-state index in [-0.39, 0.29) is 0 Å². The Kier molecular flexibility index (Phi) is 3.02. The highest BCUT2D eigenvalue weighted by Crippen LogP contribution is 2.24. The zero-order valence-corrected chi connectivity index (χ0v) is 10.7. The molecule has 1 radical (unpaired) electrons. The van der Waals surface area contributed by atoms with Gasteiger partial charge in [-0.1, -0.05) is 43.7 Å². The van der Waals surface area contributed by atoms with E-state index < -0.39 is 0 Å². The van der Waals surface area contributed by atoms with Gasteiger partial charge in [-0.05, 0) is 64.2 Å². The number of fused-ring (bicyclic) bond motifs is 2. The average Bonchev–Trinajstić information content (AvgIpc) is 2.42. The number of unbranched alkanes of at least 4 members (excludes halogenated alkanes) is 1. The summed E-state index contributed by atoms with van der Waals surface area (Å²) < 4.78 is 0. The lowest BCUT2D eigenvalue weighted by atomic mass is 10.00. The van der Waals surface area contributed by atoms with Crippen LogP contribution in [0.25, 0.3) is 21.5 Å². The molecule has 3 aromatic rings. The van der Waals surface area contributed by atoms with Crippen molar-refractivity contribution in [3.63, 3.8) is 0 Å². The molecule has 0 N–H and O–H groups in total. The van der Waals surface area contributed by atoms with Gasteiger partial charge < -0.3 is 0 Å². The summed E-state index contributed by atoms with van der Waals surface area (Å²) in [7, 11) is 0. The van der Waals surface area contributed by atoms with Crippen LogP contribution >= 0.6 is 0 Å². The summed E-state index contributed by atoms with van der Waals surface area (Å²) in [4.78, 5) is 0. The summed E-state index contributed by atoms with van der Waals surface area (Å²) in [5.41, 5.74) is 1.45. The zero-order chi connectivity index (χ0) is 12.4. The smallest absolute Gasteiger partial charge is 0.0171 e. The molecule has 0 saturated heterocycles. The normalized spacial score (nSPS) is 11.2. The molecule has 0 aromatic heterocycles. The molecule has 18 heavy (non-hydrogen) atoms. The standard InChI is InChI=1S/C18H17/c1-2-3-6-14-9-10-17-12-15-7-4-5-8-16(15)13-18(17)11-14/h5,7-13H,2-3,6H2,1H3. The third-order valence-corrected chi connectivity index (χ3v) is 3.52. The van der Waals surface area contributed by atoms with Crippen LogP contribution in [0.3, 0.4) is 0 Å². The maximum Gasteiger partial charge on any atom is -0.0171 e. The Morgan fingerprint density at radius 2 is 1.72 bits per heavy atom. The minimum absolute atomic E-state index is 1.19. The zero-order valence-electron chi connectivity index (χ0n) is 10.7. The molecule has 3 rings (SSSR count). The number of rotatable bonds is 3. The van der Waals surface area contributed by atoms with Crippen molar-refractivity contribution in [2.75, 3.05) is 0 Å². The van der Waals surface area contributed by atoms with Gasteiger partial charge in [0.25, 0.3) is 0 Å². The van der Waals surface area contributed by atoms with Crippen LogP contribution in [-0.4, -0.2) is 0 Å². The summed E-state index contributed by atoms with van der Waals surface area (Å²) in [6, 6.07) is 20.7. The first-order valence-electron chi connectivity index (χ1n) is 6.69. The molecule has 3 aromatic carbocycles. The molecule has 0 bridgehead atoms. The molecule has 89 valence electrons. The van der Waals surface area contributed by atoms with Crippen LogP contribution in [0.15, 0.2) is 48.5 Å². The van der Waals surface area contributed by atoms with E-state index in [4.69, 9.17) is 0 Å². The molecule has 0 unspecified atom stereocenters. The number of aryl methyl sites for hydroxylation is 1. The molecule has 0 atom stereocenters. The monoisotopic (exact) mass is 233 g/mol. The van der Waals surface area contributed by atoms with Crippen molar-refractivity contribution in [1.29, 1.82) is 0 Å². The van der Waals surface area contributed by atoms with Crippen LogP contribution in [0.4, 0.5) is 0 Å². The van der Waals surface area contributed by atoms with Gasteiger partial charge in [0.15, 0.2) is 0 Å². The summed E-state index contributed by atoms with van der Waals surface area (Å²) in [5, 5.41) is 5.24. The molecule has 0 aliphatic rings. The highest BCUT2D eigenvalue weighted by atomic mass is 14.0. The molecule has 0 nitrogen and oxygen atoms in total. The van der Waals surface area contributed by atoms with Gasteiger partial charge in [0, 0.05) is 0 Å². The molecule has 0 aliphatic carbocycles. The summed E-state index contributed by atoms with van der Waals surface area (Å²) in [5.74, 6) is 0. The highest BCUT2D eigenvalue weighted by Gasteiger charge is 1.99. The van der Waals surface area contributed by atoms with Gasteiger partial charge in [0.2, 0.25) is 0 Å². The Balaban J connectivity index is 2.12. The van der Waals surface area contributed by atoms with Crippen molar-refractivity contribution in [2.45, 2.75) is 26.2 Å². The van der Waals surface area contributed by atoms with Crippen LogP contribution < -0.4 is 0 Å². The van der Waals surface area contributed by atoms with Crippen molar-refractivity contribution in [2.24, 2.45) is 0 Å². The van der Waals surface area contributed by atoms with Crippen molar-refractivity contribution in [3.05, 3.63) is 60.2 Å². The largest absolute Gasteiger partial charge is 0.0654 e. The third kappa shape index (κ3) is 2.11. The van der Waals surface area contributed by atoms with Gasteiger partial charge in [0.05, 0.1) is 0 Å². The van der Waals surface area contributed by atoms with Crippen LogP contribution in [0.1, 0.15) is 25.3 Å². The summed E-state index contributed by atoms with van der Waals surface area (Å²) in [6.07, 6.45) is 3.71. The lowest BCUT2D eigenvalue weighted by Crippen LogP contribution is -1.85. The number of hydrogen-bond acceptors (Lipinski definition) is 0. The fourth-order valence-corrected chi connectivity index (χ4v) is 2.46. The molecule has 0 fully saturated rings. The van der Waals surface area contributed by atoms with Gasteiger partial charge in [-0.3, -0.25) is 0 Å². The second-order valence-electron chi connectivity index (χ2n) is 4.91. The van der Waals surface area contributed by atoms with E-state index in [0.29, 0.717) is 0 Å². The van der Waals surface area contributed by atoms with Crippen LogP contribution in [0.2, 0.25) is 0 Å². The number of hydrogen-bond donors (Lipinski definition) is 0. The predicted octanol–water partition coefficient (Wildman–Crippen LogP) is 5.14. The van der Waals surface area contributed by atoms with E-state index in [1.54, 1.807) is 0 Å². The lowest BCUT2D eigenvalue weighted by Gasteiger charge is -2.05. The Morgan fingerprint density at radius 1 is 0.889 bits per heavy atom. The summed E-state index contributed by atoms with van der Waals surface area (Å²) >= 11 is 0.